The third-order valence-corrected chi connectivity index (χ3v) is 8.28. The maximum Gasteiger partial charge on any atom is 1.00 e. The standard InChI is InChI=1S/C36H74O.2Na.2H/c1-3-5-7-9-11-13-15-17-19-21-23-25-27-29-31-33-35-37-36-34-32-30-28-26-24-22-20-18-16-14-12-10-8-6-4-2;;;;/h3-36H2,1-2H3;;;;/q;2*+1;2*-1. The number of ether oxygens (including phenoxy) is 1. The van der Waals surface area contributed by atoms with Crippen LogP contribution in [0.5, 0.6) is 0 Å². The van der Waals surface area contributed by atoms with E-state index < -0.39 is 0 Å². The van der Waals surface area contributed by atoms with Gasteiger partial charge in [0.2, 0.25) is 0 Å². The molecule has 0 radical (unpaired) electrons. The Labute approximate surface area is 296 Å². The first kappa shape index (κ1) is 45.4. The zero-order chi connectivity index (χ0) is 26.7. The molecule has 0 spiro atoms. The molecule has 0 unspecified atom stereocenters. The normalized spacial score (nSPS) is 10.9. The molecule has 0 saturated heterocycles. The quantitative estimate of drug-likeness (QED) is 0.0567. The van der Waals surface area contributed by atoms with Crippen LogP contribution in [-0.4, -0.2) is 13.2 Å². The average molecular weight is 571 g/mol. The number of hydrogen-bond donors (Lipinski definition) is 0. The third-order valence-electron chi connectivity index (χ3n) is 8.28. The fourth-order valence-corrected chi connectivity index (χ4v) is 5.61. The number of unbranched alkanes of at least 4 members (excludes halogenated alkanes) is 30. The van der Waals surface area contributed by atoms with Crippen LogP contribution in [0.15, 0.2) is 0 Å². The molecule has 0 fully saturated rings. The van der Waals surface area contributed by atoms with Gasteiger partial charge in [-0.1, -0.05) is 206 Å². The van der Waals surface area contributed by atoms with Crippen molar-refractivity contribution < 1.29 is 66.7 Å². The second-order valence-electron chi connectivity index (χ2n) is 12.2. The maximum atomic E-state index is 5.87. The van der Waals surface area contributed by atoms with Crippen molar-refractivity contribution in [1.82, 2.24) is 0 Å². The first-order valence-corrected chi connectivity index (χ1v) is 18.0. The molecule has 0 aromatic heterocycles. The van der Waals surface area contributed by atoms with Gasteiger partial charge in [-0.3, -0.25) is 0 Å². The van der Waals surface area contributed by atoms with Crippen LogP contribution in [-0.2, 0) is 4.74 Å². The van der Waals surface area contributed by atoms with Gasteiger partial charge < -0.3 is 7.59 Å². The van der Waals surface area contributed by atoms with Crippen LogP contribution in [0.4, 0.5) is 0 Å². The Hall–Kier alpha value is 1.96. The van der Waals surface area contributed by atoms with Crippen LogP contribution in [0.2, 0.25) is 0 Å². The Bertz CT molecular complexity index is 355. The molecule has 3 heteroatoms. The largest absolute Gasteiger partial charge is 1.00 e. The molecular weight excluding hydrogens is 494 g/mol. The Morgan fingerprint density at radius 2 is 0.410 bits per heavy atom. The van der Waals surface area contributed by atoms with E-state index in [0.717, 1.165) is 13.2 Å². The van der Waals surface area contributed by atoms with Crippen molar-refractivity contribution in [3.8, 4) is 0 Å². The zero-order valence-electron chi connectivity index (χ0n) is 30.4. The summed E-state index contributed by atoms with van der Waals surface area (Å²) in [7, 11) is 0. The molecule has 0 N–H and O–H groups in total. The van der Waals surface area contributed by atoms with Gasteiger partial charge in [0.25, 0.3) is 0 Å². The van der Waals surface area contributed by atoms with E-state index in [1.807, 2.05) is 0 Å². The summed E-state index contributed by atoms with van der Waals surface area (Å²) in [6.07, 6.45) is 46.0. The van der Waals surface area contributed by atoms with Crippen molar-refractivity contribution in [3.63, 3.8) is 0 Å². The average Bonchev–Trinajstić information content (AvgIpc) is 2.91. The molecule has 39 heavy (non-hydrogen) atoms. The molecule has 228 valence electrons. The minimum Gasteiger partial charge on any atom is -1.00 e. The van der Waals surface area contributed by atoms with Crippen LogP contribution in [0.25, 0.3) is 0 Å². The topological polar surface area (TPSA) is 9.23 Å². The third kappa shape index (κ3) is 44.5. The molecule has 0 saturated carbocycles. The molecule has 0 aliphatic heterocycles. The van der Waals surface area contributed by atoms with E-state index in [-0.39, 0.29) is 62.0 Å². The number of hydrogen-bond acceptors (Lipinski definition) is 1. The monoisotopic (exact) mass is 571 g/mol. The van der Waals surface area contributed by atoms with Crippen molar-refractivity contribution >= 4 is 0 Å². The van der Waals surface area contributed by atoms with Crippen LogP contribution in [0.1, 0.15) is 222 Å². The van der Waals surface area contributed by atoms with Crippen molar-refractivity contribution in [2.45, 2.75) is 219 Å². The molecule has 0 amide bonds. The van der Waals surface area contributed by atoms with Gasteiger partial charge in [0, 0.05) is 13.2 Å². The molecule has 0 aliphatic rings. The van der Waals surface area contributed by atoms with Crippen LogP contribution < -0.4 is 59.1 Å². The van der Waals surface area contributed by atoms with Gasteiger partial charge >= 0.3 is 59.1 Å². The SMILES string of the molecule is CCCCCCCCCCCCCCCCCCOCCCCCCCCCCCCCCCCCC.[H-].[H-].[Na+].[Na+]. The van der Waals surface area contributed by atoms with Crippen molar-refractivity contribution in [1.29, 1.82) is 0 Å². The zero-order valence-corrected chi connectivity index (χ0v) is 32.4. The molecule has 0 heterocycles. The molecule has 0 aromatic rings. The fraction of sp³-hybridized carbons (Fsp3) is 1.00. The molecule has 0 rings (SSSR count). The molecular formula is C36H76Na2O. The van der Waals surface area contributed by atoms with Gasteiger partial charge in [0.05, 0.1) is 0 Å². The van der Waals surface area contributed by atoms with E-state index in [1.54, 1.807) is 0 Å². The van der Waals surface area contributed by atoms with Gasteiger partial charge in [-0.15, -0.1) is 0 Å². The molecule has 0 aromatic carbocycles. The Kier molecular flexibility index (Phi) is 51.7. The van der Waals surface area contributed by atoms with E-state index in [0.29, 0.717) is 0 Å². The van der Waals surface area contributed by atoms with E-state index in [2.05, 4.69) is 13.8 Å². The second kappa shape index (κ2) is 44.4. The van der Waals surface area contributed by atoms with E-state index >= 15 is 0 Å². The van der Waals surface area contributed by atoms with Gasteiger partial charge in [0.15, 0.2) is 0 Å². The first-order valence-electron chi connectivity index (χ1n) is 18.0. The minimum atomic E-state index is 0. The van der Waals surface area contributed by atoms with Crippen LogP contribution >= 0.6 is 0 Å². The molecule has 0 aliphatic carbocycles. The van der Waals surface area contributed by atoms with Crippen LogP contribution in [0.3, 0.4) is 0 Å². The van der Waals surface area contributed by atoms with Gasteiger partial charge in [-0.25, -0.2) is 0 Å². The van der Waals surface area contributed by atoms with E-state index in [9.17, 15) is 0 Å². The Morgan fingerprint density at radius 3 is 0.590 bits per heavy atom. The van der Waals surface area contributed by atoms with Crippen molar-refractivity contribution in [2.75, 3.05) is 13.2 Å². The molecule has 0 atom stereocenters. The van der Waals surface area contributed by atoms with Crippen molar-refractivity contribution in [2.24, 2.45) is 0 Å². The molecule has 1 nitrogen and oxygen atoms in total. The minimum absolute atomic E-state index is 0. The summed E-state index contributed by atoms with van der Waals surface area (Å²) in [5, 5.41) is 0. The van der Waals surface area contributed by atoms with Crippen LogP contribution in [0, 0.1) is 0 Å². The summed E-state index contributed by atoms with van der Waals surface area (Å²) >= 11 is 0. The summed E-state index contributed by atoms with van der Waals surface area (Å²) in [4.78, 5) is 0. The second-order valence-corrected chi connectivity index (χ2v) is 12.2. The Balaban J connectivity index is -0.00000108. The Morgan fingerprint density at radius 1 is 0.256 bits per heavy atom. The first-order chi connectivity index (χ1) is 18.4. The number of rotatable bonds is 34. The van der Waals surface area contributed by atoms with Gasteiger partial charge in [-0.2, -0.15) is 0 Å². The summed E-state index contributed by atoms with van der Waals surface area (Å²) in [6.45, 7) is 6.60. The summed E-state index contributed by atoms with van der Waals surface area (Å²) in [5.74, 6) is 0. The summed E-state index contributed by atoms with van der Waals surface area (Å²) < 4.78 is 5.87. The summed E-state index contributed by atoms with van der Waals surface area (Å²) in [6, 6.07) is 0. The predicted octanol–water partition coefficient (Wildman–Crippen LogP) is 7.76. The fourth-order valence-electron chi connectivity index (χ4n) is 5.61. The molecule has 0 bridgehead atoms. The smallest absolute Gasteiger partial charge is 1.00 e. The van der Waals surface area contributed by atoms with Gasteiger partial charge in [0.1, 0.15) is 0 Å². The van der Waals surface area contributed by atoms with Crippen molar-refractivity contribution in [3.05, 3.63) is 0 Å². The van der Waals surface area contributed by atoms with E-state index in [4.69, 9.17) is 4.74 Å². The van der Waals surface area contributed by atoms with Gasteiger partial charge in [-0.05, 0) is 12.8 Å². The summed E-state index contributed by atoms with van der Waals surface area (Å²) in [5.41, 5.74) is 0. The maximum absolute atomic E-state index is 5.87. The van der Waals surface area contributed by atoms with E-state index in [1.165, 1.54) is 205 Å². The predicted molar refractivity (Wildman–Crippen MR) is 172 cm³/mol.